The fourth-order valence-corrected chi connectivity index (χ4v) is 2.12. The van der Waals surface area contributed by atoms with E-state index < -0.39 is 5.60 Å². The van der Waals surface area contributed by atoms with Crippen LogP contribution in [0.2, 0.25) is 0 Å². The Labute approximate surface area is 97.5 Å². The Kier molecular flexibility index (Phi) is 3.52. The second-order valence-corrected chi connectivity index (χ2v) is 4.61. The number of hydrogen-bond donors (Lipinski definition) is 2. The molecule has 0 aliphatic carbocycles. The molecule has 1 saturated heterocycles. The van der Waals surface area contributed by atoms with Crippen LogP contribution in [-0.2, 0) is 4.74 Å². The summed E-state index contributed by atoms with van der Waals surface area (Å²) in [5, 5.41) is 14.5. The number of nitrogens with zero attached hydrogens (tertiary/aromatic N) is 1. The van der Waals surface area contributed by atoms with E-state index in [1.165, 1.54) is 11.3 Å². The molecule has 1 aliphatic heterocycles. The molecular weight excluding hydrogens is 228 g/mol. The van der Waals surface area contributed by atoms with E-state index in [0.717, 1.165) is 0 Å². The highest BCUT2D eigenvalue weighted by Gasteiger charge is 2.30. The maximum Gasteiger partial charge on any atom is 0.270 e. The maximum atomic E-state index is 11.6. The Morgan fingerprint density at radius 3 is 3.00 bits per heavy atom. The monoisotopic (exact) mass is 242 g/mol. The van der Waals surface area contributed by atoms with Gasteiger partial charge in [0, 0.05) is 38.0 Å². The lowest BCUT2D eigenvalue weighted by atomic mass is 9.94. The van der Waals surface area contributed by atoms with Crippen LogP contribution in [0.3, 0.4) is 0 Å². The van der Waals surface area contributed by atoms with Crippen molar-refractivity contribution >= 4 is 17.2 Å². The van der Waals surface area contributed by atoms with Crippen LogP contribution < -0.4 is 5.32 Å². The molecule has 0 atom stereocenters. The van der Waals surface area contributed by atoms with Crippen LogP contribution >= 0.6 is 11.3 Å². The van der Waals surface area contributed by atoms with Crippen LogP contribution in [0.5, 0.6) is 0 Å². The van der Waals surface area contributed by atoms with Gasteiger partial charge in [-0.15, -0.1) is 11.3 Å². The number of aliphatic hydroxyl groups is 1. The number of carbonyl (C=O) groups is 1. The molecule has 16 heavy (non-hydrogen) atoms. The molecule has 6 heteroatoms. The van der Waals surface area contributed by atoms with E-state index in [-0.39, 0.29) is 12.5 Å². The minimum absolute atomic E-state index is 0.235. The topological polar surface area (TPSA) is 71.5 Å². The molecule has 1 fully saturated rings. The first-order valence-electron chi connectivity index (χ1n) is 5.16. The van der Waals surface area contributed by atoms with Crippen molar-refractivity contribution in [2.75, 3.05) is 19.8 Å². The van der Waals surface area contributed by atoms with Crippen LogP contribution in [-0.4, -0.2) is 41.4 Å². The van der Waals surface area contributed by atoms with Crippen LogP contribution in [0.4, 0.5) is 0 Å². The SMILES string of the molecule is O=C(NCC1(O)CCOCC1)c1cscn1. The molecule has 5 nitrogen and oxygen atoms in total. The summed E-state index contributed by atoms with van der Waals surface area (Å²) in [5.41, 5.74) is 1.18. The summed E-state index contributed by atoms with van der Waals surface area (Å²) in [6.45, 7) is 1.35. The number of ether oxygens (including phenoxy) is 1. The number of hydrogen-bond acceptors (Lipinski definition) is 5. The molecule has 0 bridgehead atoms. The van der Waals surface area contributed by atoms with E-state index in [4.69, 9.17) is 4.74 Å². The number of amides is 1. The quantitative estimate of drug-likeness (QED) is 0.805. The average Bonchev–Trinajstić information content (AvgIpc) is 2.80. The lowest BCUT2D eigenvalue weighted by Gasteiger charge is -2.31. The predicted octanol–water partition coefficient (Wildman–Crippen LogP) is 0.414. The van der Waals surface area contributed by atoms with Crippen LogP contribution in [0, 0.1) is 0 Å². The summed E-state index contributed by atoms with van der Waals surface area (Å²) in [5.74, 6) is -0.235. The van der Waals surface area contributed by atoms with Crippen LogP contribution in [0.25, 0.3) is 0 Å². The van der Waals surface area contributed by atoms with Gasteiger partial charge in [-0.25, -0.2) is 4.98 Å². The van der Waals surface area contributed by atoms with E-state index in [1.54, 1.807) is 10.9 Å². The smallest absolute Gasteiger partial charge is 0.270 e. The Balaban J connectivity index is 1.84. The van der Waals surface area contributed by atoms with Gasteiger partial charge in [0.05, 0.1) is 11.1 Å². The Bertz CT molecular complexity index is 347. The molecule has 1 aromatic heterocycles. The zero-order chi connectivity index (χ0) is 11.4. The number of aromatic nitrogens is 1. The van der Waals surface area contributed by atoms with Crippen molar-refractivity contribution in [1.29, 1.82) is 0 Å². The lowest BCUT2D eigenvalue weighted by molar-refractivity contribution is -0.0605. The molecular formula is C10H14N2O3S. The fraction of sp³-hybridized carbons (Fsp3) is 0.600. The van der Waals surface area contributed by atoms with Gasteiger partial charge in [-0.1, -0.05) is 0 Å². The van der Waals surface area contributed by atoms with Crippen molar-refractivity contribution < 1.29 is 14.6 Å². The molecule has 0 radical (unpaired) electrons. The van der Waals surface area contributed by atoms with Crippen LogP contribution in [0.1, 0.15) is 23.3 Å². The van der Waals surface area contributed by atoms with Gasteiger partial charge in [-0.05, 0) is 0 Å². The van der Waals surface area contributed by atoms with E-state index in [9.17, 15) is 9.90 Å². The standard InChI is InChI=1S/C10H14N2O3S/c13-9(8-5-16-7-12-8)11-6-10(14)1-3-15-4-2-10/h5,7,14H,1-4,6H2,(H,11,13). The first-order valence-corrected chi connectivity index (χ1v) is 6.10. The van der Waals surface area contributed by atoms with Gasteiger partial charge in [0.25, 0.3) is 5.91 Å². The maximum absolute atomic E-state index is 11.6. The largest absolute Gasteiger partial charge is 0.388 e. The third-order valence-corrected chi connectivity index (χ3v) is 3.25. The summed E-state index contributed by atoms with van der Waals surface area (Å²) in [4.78, 5) is 15.5. The van der Waals surface area contributed by atoms with Crippen LogP contribution in [0.15, 0.2) is 10.9 Å². The molecule has 1 aromatic rings. The molecule has 2 N–H and O–H groups in total. The van der Waals surface area contributed by atoms with Crippen molar-refractivity contribution in [3.8, 4) is 0 Å². The Morgan fingerprint density at radius 2 is 2.38 bits per heavy atom. The number of thiazole rings is 1. The average molecular weight is 242 g/mol. The first kappa shape index (κ1) is 11.5. The minimum Gasteiger partial charge on any atom is -0.388 e. The highest BCUT2D eigenvalue weighted by Crippen LogP contribution is 2.19. The molecule has 2 heterocycles. The summed E-state index contributed by atoms with van der Waals surface area (Å²) in [6.07, 6.45) is 1.12. The van der Waals surface area contributed by atoms with Gasteiger partial charge >= 0.3 is 0 Å². The summed E-state index contributed by atoms with van der Waals surface area (Å²) in [7, 11) is 0. The second-order valence-electron chi connectivity index (χ2n) is 3.89. The predicted molar refractivity (Wildman–Crippen MR) is 59.5 cm³/mol. The highest BCUT2D eigenvalue weighted by atomic mass is 32.1. The van der Waals surface area contributed by atoms with Gasteiger partial charge in [0.1, 0.15) is 5.69 Å². The van der Waals surface area contributed by atoms with Gasteiger partial charge in [-0.3, -0.25) is 4.79 Å². The molecule has 2 rings (SSSR count). The normalized spacial score (nSPS) is 19.3. The lowest BCUT2D eigenvalue weighted by Crippen LogP contribution is -2.46. The number of nitrogens with one attached hydrogen (secondary N) is 1. The third-order valence-electron chi connectivity index (χ3n) is 2.67. The zero-order valence-corrected chi connectivity index (χ0v) is 9.63. The molecule has 1 amide bonds. The molecule has 1 aliphatic rings. The van der Waals surface area contributed by atoms with E-state index in [2.05, 4.69) is 10.3 Å². The molecule has 0 spiro atoms. The Hall–Kier alpha value is -0.980. The van der Waals surface area contributed by atoms with E-state index >= 15 is 0 Å². The number of carbonyl (C=O) groups excluding carboxylic acids is 1. The van der Waals surface area contributed by atoms with Crippen molar-refractivity contribution in [3.05, 3.63) is 16.6 Å². The fourth-order valence-electron chi connectivity index (χ4n) is 1.59. The molecule has 0 unspecified atom stereocenters. The zero-order valence-electron chi connectivity index (χ0n) is 8.81. The summed E-state index contributed by atoms with van der Waals surface area (Å²) >= 11 is 1.37. The van der Waals surface area contributed by atoms with Crippen molar-refractivity contribution in [2.45, 2.75) is 18.4 Å². The van der Waals surface area contributed by atoms with Gasteiger partial charge < -0.3 is 15.2 Å². The first-order chi connectivity index (χ1) is 7.70. The summed E-state index contributed by atoms with van der Waals surface area (Å²) < 4.78 is 5.16. The van der Waals surface area contributed by atoms with Gasteiger partial charge in [0.15, 0.2) is 0 Å². The molecule has 0 aromatic carbocycles. The van der Waals surface area contributed by atoms with Gasteiger partial charge in [0.2, 0.25) is 0 Å². The minimum atomic E-state index is -0.829. The third kappa shape index (κ3) is 2.78. The van der Waals surface area contributed by atoms with Crippen molar-refractivity contribution in [1.82, 2.24) is 10.3 Å². The molecule has 0 saturated carbocycles. The molecule has 88 valence electrons. The van der Waals surface area contributed by atoms with Crippen molar-refractivity contribution in [2.24, 2.45) is 0 Å². The van der Waals surface area contributed by atoms with E-state index in [1.807, 2.05) is 0 Å². The van der Waals surface area contributed by atoms with Crippen molar-refractivity contribution in [3.63, 3.8) is 0 Å². The second kappa shape index (κ2) is 4.90. The highest BCUT2D eigenvalue weighted by molar-refractivity contribution is 7.07. The Morgan fingerprint density at radius 1 is 1.62 bits per heavy atom. The van der Waals surface area contributed by atoms with Gasteiger partial charge in [-0.2, -0.15) is 0 Å². The summed E-state index contributed by atoms with van der Waals surface area (Å²) in [6, 6.07) is 0. The number of rotatable bonds is 3. The van der Waals surface area contributed by atoms with E-state index in [0.29, 0.717) is 31.7 Å².